The minimum absolute atomic E-state index is 0.0215. The summed E-state index contributed by atoms with van der Waals surface area (Å²) in [6.07, 6.45) is 1.50. The molecular weight excluding hydrogens is 575 g/mol. The molecule has 0 spiro atoms. The third kappa shape index (κ3) is 8.05. The van der Waals surface area contributed by atoms with Gasteiger partial charge in [-0.05, 0) is 73.2 Å². The van der Waals surface area contributed by atoms with Crippen molar-refractivity contribution in [1.82, 2.24) is 10.6 Å². The van der Waals surface area contributed by atoms with Crippen molar-refractivity contribution < 1.29 is 18.4 Å². The van der Waals surface area contributed by atoms with E-state index < -0.39 is 17.6 Å². The van der Waals surface area contributed by atoms with Gasteiger partial charge in [-0.15, -0.1) is 0 Å². The molecule has 5 rings (SSSR count). The lowest BCUT2D eigenvalue weighted by molar-refractivity contribution is -0.117. The predicted molar refractivity (Wildman–Crippen MR) is 175 cm³/mol. The zero-order valence-corrected chi connectivity index (χ0v) is 24.6. The van der Waals surface area contributed by atoms with E-state index in [9.17, 15) is 14.0 Å². The maximum Gasteiger partial charge on any atom is 0.268 e. The van der Waals surface area contributed by atoms with Crippen LogP contribution in [0.3, 0.4) is 0 Å². The highest BCUT2D eigenvalue weighted by molar-refractivity contribution is 7.80. The van der Waals surface area contributed by atoms with Crippen LogP contribution in [0.2, 0.25) is 0 Å². The van der Waals surface area contributed by atoms with E-state index in [4.69, 9.17) is 16.6 Å². The van der Waals surface area contributed by atoms with Crippen LogP contribution in [0.25, 0.3) is 17.4 Å². The van der Waals surface area contributed by atoms with Crippen molar-refractivity contribution in [2.24, 2.45) is 0 Å². The Hall–Kier alpha value is -5.54. The Labute approximate surface area is 259 Å². The summed E-state index contributed by atoms with van der Waals surface area (Å²) in [6.45, 7) is 2.17. The third-order valence-corrected chi connectivity index (χ3v) is 6.74. The highest BCUT2D eigenvalue weighted by Gasteiger charge is 2.16. The molecule has 1 heterocycles. The molecule has 2 amide bonds. The van der Waals surface area contributed by atoms with Gasteiger partial charge in [0.1, 0.15) is 23.0 Å². The highest BCUT2D eigenvalue weighted by atomic mass is 32.1. The number of aryl methyl sites for hydroxylation is 1. The Morgan fingerprint density at radius 2 is 1.59 bits per heavy atom. The van der Waals surface area contributed by atoms with Crippen LogP contribution in [0.5, 0.6) is 0 Å². The Morgan fingerprint density at radius 3 is 2.36 bits per heavy atom. The topological polar surface area (TPSA) is 95.4 Å². The second kappa shape index (κ2) is 14.1. The Bertz CT molecular complexity index is 1820. The first-order chi connectivity index (χ1) is 21.3. The van der Waals surface area contributed by atoms with Crippen molar-refractivity contribution in [2.45, 2.75) is 13.5 Å². The normalized spacial score (nSPS) is 11.0. The van der Waals surface area contributed by atoms with E-state index in [0.717, 1.165) is 16.7 Å². The maximum absolute atomic E-state index is 14.0. The molecule has 0 aliphatic rings. The van der Waals surface area contributed by atoms with Gasteiger partial charge in [0.15, 0.2) is 5.11 Å². The predicted octanol–water partition coefficient (Wildman–Crippen LogP) is 7.29. The fourth-order valence-electron chi connectivity index (χ4n) is 4.27. The maximum atomic E-state index is 14.0. The van der Waals surface area contributed by atoms with Crippen molar-refractivity contribution in [2.75, 3.05) is 10.6 Å². The number of carbonyl (C=O) groups is 2. The molecule has 0 fully saturated rings. The lowest BCUT2D eigenvalue weighted by atomic mass is 10.1. The molecule has 0 radical (unpaired) electrons. The quantitative estimate of drug-likeness (QED) is 0.104. The first kappa shape index (κ1) is 29.9. The smallest absolute Gasteiger partial charge is 0.268 e. The van der Waals surface area contributed by atoms with E-state index in [-0.39, 0.29) is 23.0 Å². The summed E-state index contributed by atoms with van der Waals surface area (Å²) in [4.78, 5) is 26.4. The summed E-state index contributed by atoms with van der Waals surface area (Å²) in [5, 5.41) is 11.7. The van der Waals surface area contributed by atoms with E-state index in [0.29, 0.717) is 22.8 Å². The SMILES string of the molecule is Cc1ccc(-c2ccc(/C=C(\NC(=O)c3ccccc3)C(=O)NCc3cccc(NC(=S)Nc4ccccc4F)c3)o2)cc1. The minimum atomic E-state index is -0.502. The van der Waals surface area contributed by atoms with E-state index in [1.807, 2.05) is 49.4 Å². The summed E-state index contributed by atoms with van der Waals surface area (Å²) in [6, 6.07) is 33.6. The lowest BCUT2D eigenvalue weighted by Gasteiger charge is -2.13. The van der Waals surface area contributed by atoms with Crippen molar-refractivity contribution in [1.29, 1.82) is 0 Å². The summed E-state index contributed by atoms with van der Waals surface area (Å²) < 4.78 is 20.0. The van der Waals surface area contributed by atoms with Crippen LogP contribution in [-0.2, 0) is 11.3 Å². The Kier molecular flexibility index (Phi) is 9.58. The summed E-state index contributed by atoms with van der Waals surface area (Å²) in [7, 11) is 0. The molecule has 5 aromatic rings. The van der Waals surface area contributed by atoms with Crippen LogP contribution in [-0.4, -0.2) is 16.9 Å². The number of carbonyl (C=O) groups excluding carboxylic acids is 2. The van der Waals surface area contributed by atoms with Crippen LogP contribution in [0, 0.1) is 12.7 Å². The third-order valence-electron chi connectivity index (χ3n) is 6.54. The van der Waals surface area contributed by atoms with Gasteiger partial charge in [-0.1, -0.05) is 72.3 Å². The molecule has 4 N–H and O–H groups in total. The number of thiocarbonyl (C=S) groups is 1. The van der Waals surface area contributed by atoms with E-state index in [1.54, 1.807) is 66.7 Å². The lowest BCUT2D eigenvalue weighted by Crippen LogP contribution is -2.34. The highest BCUT2D eigenvalue weighted by Crippen LogP contribution is 2.24. The van der Waals surface area contributed by atoms with Gasteiger partial charge in [0.05, 0.1) is 5.69 Å². The second-order valence-electron chi connectivity index (χ2n) is 9.89. The van der Waals surface area contributed by atoms with Crippen molar-refractivity contribution in [3.63, 3.8) is 0 Å². The molecule has 44 heavy (non-hydrogen) atoms. The van der Waals surface area contributed by atoms with Crippen LogP contribution >= 0.6 is 12.2 Å². The van der Waals surface area contributed by atoms with Gasteiger partial charge in [-0.3, -0.25) is 9.59 Å². The first-order valence-corrected chi connectivity index (χ1v) is 14.2. The number of hydrogen-bond donors (Lipinski definition) is 4. The number of anilines is 2. The van der Waals surface area contributed by atoms with Crippen LogP contribution < -0.4 is 21.3 Å². The second-order valence-corrected chi connectivity index (χ2v) is 10.3. The minimum Gasteiger partial charge on any atom is -0.457 e. The number of furan rings is 1. The average Bonchev–Trinajstić information content (AvgIpc) is 3.50. The number of hydrogen-bond acceptors (Lipinski definition) is 4. The fourth-order valence-corrected chi connectivity index (χ4v) is 4.50. The molecule has 0 saturated carbocycles. The number of benzene rings is 4. The number of halogens is 1. The van der Waals surface area contributed by atoms with Crippen molar-refractivity contribution in [3.8, 4) is 11.3 Å². The Morgan fingerprint density at radius 1 is 0.841 bits per heavy atom. The Balaban J connectivity index is 1.29. The van der Waals surface area contributed by atoms with Gasteiger partial charge < -0.3 is 25.7 Å². The van der Waals surface area contributed by atoms with Crippen LogP contribution in [0.4, 0.5) is 15.8 Å². The number of para-hydroxylation sites is 1. The van der Waals surface area contributed by atoms with Gasteiger partial charge in [-0.25, -0.2) is 4.39 Å². The molecule has 220 valence electrons. The molecule has 4 aromatic carbocycles. The number of rotatable bonds is 9. The molecule has 0 aliphatic carbocycles. The van der Waals surface area contributed by atoms with Crippen molar-refractivity contribution in [3.05, 3.63) is 149 Å². The summed E-state index contributed by atoms with van der Waals surface area (Å²) in [5.41, 5.74) is 4.13. The molecule has 9 heteroatoms. The molecule has 7 nitrogen and oxygen atoms in total. The van der Waals surface area contributed by atoms with Crippen molar-refractivity contribution >= 4 is 46.6 Å². The molecular formula is C35H29FN4O3S. The van der Waals surface area contributed by atoms with E-state index >= 15 is 0 Å². The molecule has 0 saturated heterocycles. The molecule has 0 atom stereocenters. The fraction of sp³-hybridized carbons (Fsp3) is 0.0571. The van der Waals surface area contributed by atoms with Gasteiger partial charge in [-0.2, -0.15) is 0 Å². The molecule has 1 aromatic heterocycles. The van der Waals surface area contributed by atoms with Crippen LogP contribution in [0.15, 0.2) is 125 Å². The standard InChI is InChI=1S/C35H29FN4O3S/c1-23-14-16-25(17-15-23)32-19-18-28(43-32)21-31(39-33(41)26-9-3-2-4-10-26)34(42)37-22-24-8-7-11-27(20-24)38-35(44)40-30-13-6-5-12-29(30)36/h2-21H,22H2,1H3,(H,37,42)(H,39,41)(H2,38,40,44)/b31-21-. The van der Waals surface area contributed by atoms with Gasteiger partial charge in [0.2, 0.25) is 0 Å². The zero-order valence-electron chi connectivity index (χ0n) is 23.8. The number of amides is 2. The molecule has 0 unspecified atom stereocenters. The number of nitrogens with one attached hydrogen (secondary N) is 4. The van der Waals surface area contributed by atoms with E-state index in [2.05, 4.69) is 21.3 Å². The molecule has 0 aliphatic heterocycles. The van der Waals surface area contributed by atoms with Gasteiger partial charge in [0, 0.05) is 29.4 Å². The summed E-state index contributed by atoms with van der Waals surface area (Å²) >= 11 is 5.33. The molecule has 0 bridgehead atoms. The van der Waals surface area contributed by atoms with E-state index in [1.165, 1.54) is 12.1 Å². The van der Waals surface area contributed by atoms with Gasteiger partial charge >= 0.3 is 0 Å². The largest absolute Gasteiger partial charge is 0.457 e. The average molecular weight is 605 g/mol. The van der Waals surface area contributed by atoms with Crippen LogP contribution in [0.1, 0.15) is 27.2 Å². The first-order valence-electron chi connectivity index (χ1n) is 13.8. The monoisotopic (exact) mass is 604 g/mol. The summed E-state index contributed by atoms with van der Waals surface area (Å²) in [5.74, 6) is -0.312. The zero-order chi connectivity index (χ0) is 30.9. The van der Waals surface area contributed by atoms with Gasteiger partial charge in [0.25, 0.3) is 11.8 Å².